The molecule has 1 aliphatic carbocycles. The maximum Gasteiger partial charge on any atom is 0.265 e. The van der Waals surface area contributed by atoms with Crippen molar-refractivity contribution >= 4 is 23.6 Å². The average molecular weight is 276 g/mol. The number of rotatable bonds is 1. The molecular formula is C13H12N2O5. The number of imide groups is 2. The summed E-state index contributed by atoms with van der Waals surface area (Å²) in [6.45, 7) is 0. The zero-order valence-electron chi connectivity index (χ0n) is 10.5. The van der Waals surface area contributed by atoms with Gasteiger partial charge >= 0.3 is 0 Å². The number of likely N-dealkylation sites (tertiary alicyclic amines) is 1. The van der Waals surface area contributed by atoms with E-state index in [0.29, 0.717) is 12.8 Å². The highest BCUT2D eigenvalue weighted by molar-refractivity contribution is 6.26. The molecule has 20 heavy (non-hydrogen) atoms. The van der Waals surface area contributed by atoms with Gasteiger partial charge < -0.3 is 5.11 Å². The molecule has 0 saturated carbocycles. The third-order valence-electron chi connectivity index (χ3n) is 3.69. The highest BCUT2D eigenvalue weighted by Crippen LogP contribution is 2.34. The van der Waals surface area contributed by atoms with Crippen LogP contribution in [0.1, 0.15) is 25.7 Å². The normalized spacial score (nSPS) is 26.7. The lowest BCUT2D eigenvalue weighted by atomic mass is 9.98. The molecule has 2 saturated heterocycles. The number of allylic oxidation sites excluding steroid dienone is 2. The van der Waals surface area contributed by atoms with Crippen LogP contribution in [-0.2, 0) is 19.2 Å². The molecule has 1 unspecified atom stereocenters. The quantitative estimate of drug-likeness (QED) is 0.639. The van der Waals surface area contributed by atoms with E-state index in [0.717, 1.165) is 4.90 Å². The molecule has 7 nitrogen and oxygen atoms in total. The van der Waals surface area contributed by atoms with Crippen LogP contribution in [0.25, 0.3) is 0 Å². The first-order valence-electron chi connectivity index (χ1n) is 6.35. The van der Waals surface area contributed by atoms with Crippen molar-refractivity contribution in [2.45, 2.75) is 31.7 Å². The van der Waals surface area contributed by atoms with Gasteiger partial charge in [-0.1, -0.05) is 6.08 Å². The summed E-state index contributed by atoms with van der Waals surface area (Å²) < 4.78 is 0. The number of aliphatic hydroxyl groups is 1. The van der Waals surface area contributed by atoms with E-state index < -0.39 is 29.7 Å². The Morgan fingerprint density at radius 2 is 1.90 bits per heavy atom. The van der Waals surface area contributed by atoms with Crippen molar-refractivity contribution in [3.05, 3.63) is 23.0 Å². The van der Waals surface area contributed by atoms with Crippen LogP contribution in [0.4, 0.5) is 0 Å². The van der Waals surface area contributed by atoms with Crippen molar-refractivity contribution in [1.82, 2.24) is 10.2 Å². The smallest absolute Gasteiger partial charge is 0.265 e. The predicted octanol–water partition coefficient (Wildman–Crippen LogP) is -0.307. The first-order valence-corrected chi connectivity index (χ1v) is 6.35. The SMILES string of the molecule is O=C1CCC(N2C(=O)C3=CCCC(O)=C3C2=O)C(=O)N1. The number of amides is 4. The lowest BCUT2D eigenvalue weighted by Crippen LogP contribution is -2.54. The predicted molar refractivity (Wildman–Crippen MR) is 65.0 cm³/mol. The lowest BCUT2D eigenvalue weighted by molar-refractivity contribution is -0.149. The summed E-state index contributed by atoms with van der Waals surface area (Å²) in [4.78, 5) is 48.3. The molecule has 2 heterocycles. The zero-order chi connectivity index (χ0) is 14.4. The average Bonchev–Trinajstić information content (AvgIpc) is 2.64. The van der Waals surface area contributed by atoms with Crippen LogP contribution in [0.3, 0.4) is 0 Å². The third kappa shape index (κ3) is 1.66. The molecule has 2 aliphatic heterocycles. The molecule has 0 radical (unpaired) electrons. The topological polar surface area (TPSA) is 104 Å². The Hall–Kier alpha value is -2.44. The highest BCUT2D eigenvalue weighted by atomic mass is 16.3. The van der Waals surface area contributed by atoms with Crippen LogP contribution in [0.15, 0.2) is 23.0 Å². The zero-order valence-corrected chi connectivity index (χ0v) is 10.5. The Balaban J connectivity index is 1.98. The van der Waals surface area contributed by atoms with Gasteiger partial charge in [-0.05, 0) is 12.8 Å². The van der Waals surface area contributed by atoms with Gasteiger partial charge in [0, 0.05) is 12.8 Å². The van der Waals surface area contributed by atoms with E-state index in [4.69, 9.17) is 0 Å². The highest BCUT2D eigenvalue weighted by Gasteiger charge is 2.48. The molecule has 0 aromatic rings. The Bertz CT molecular complexity index is 616. The van der Waals surface area contributed by atoms with Crippen LogP contribution in [0, 0.1) is 0 Å². The Labute approximate surface area is 113 Å². The van der Waals surface area contributed by atoms with Crippen LogP contribution in [-0.4, -0.2) is 39.7 Å². The number of hydrogen-bond donors (Lipinski definition) is 2. The van der Waals surface area contributed by atoms with Gasteiger partial charge in [0.05, 0.1) is 11.1 Å². The number of aliphatic hydroxyl groups excluding tert-OH is 1. The minimum Gasteiger partial charge on any atom is -0.511 e. The number of hydrogen-bond acceptors (Lipinski definition) is 5. The largest absolute Gasteiger partial charge is 0.511 e. The van der Waals surface area contributed by atoms with Crippen molar-refractivity contribution < 1.29 is 24.3 Å². The van der Waals surface area contributed by atoms with E-state index in [9.17, 15) is 24.3 Å². The number of fused-ring (bicyclic) bond motifs is 1. The minimum absolute atomic E-state index is 0.00838. The van der Waals surface area contributed by atoms with Gasteiger partial charge in [-0.3, -0.25) is 29.4 Å². The summed E-state index contributed by atoms with van der Waals surface area (Å²) >= 11 is 0. The van der Waals surface area contributed by atoms with E-state index in [-0.39, 0.29) is 29.7 Å². The summed E-state index contributed by atoms with van der Waals surface area (Å²) in [5.74, 6) is -2.42. The van der Waals surface area contributed by atoms with Crippen molar-refractivity contribution in [3.8, 4) is 0 Å². The van der Waals surface area contributed by atoms with Gasteiger partial charge in [0.25, 0.3) is 11.8 Å². The molecule has 0 spiro atoms. The minimum atomic E-state index is -0.987. The molecule has 0 aromatic heterocycles. The van der Waals surface area contributed by atoms with E-state index in [2.05, 4.69) is 5.32 Å². The molecule has 0 aromatic carbocycles. The first-order chi connectivity index (χ1) is 9.50. The third-order valence-corrected chi connectivity index (χ3v) is 3.69. The summed E-state index contributed by atoms with van der Waals surface area (Å²) in [7, 11) is 0. The molecule has 7 heteroatoms. The van der Waals surface area contributed by atoms with Crippen LogP contribution < -0.4 is 5.32 Å². The summed E-state index contributed by atoms with van der Waals surface area (Å²) in [5.41, 5.74) is 0.148. The lowest BCUT2D eigenvalue weighted by Gasteiger charge is -2.27. The molecule has 3 aliphatic rings. The molecule has 2 N–H and O–H groups in total. The van der Waals surface area contributed by atoms with E-state index in [1.54, 1.807) is 6.08 Å². The van der Waals surface area contributed by atoms with Gasteiger partial charge in [-0.25, -0.2) is 0 Å². The second-order valence-corrected chi connectivity index (χ2v) is 4.93. The molecule has 0 bridgehead atoms. The number of carbonyl (C=O) groups is 4. The molecule has 1 atom stereocenters. The first kappa shape index (κ1) is 12.6. The summed E-state index contributed by atoms with van der Waals surface area (Å²) in [5, 5.41) is 11.9. The van der Waals surface area contributed by atoms with E-state index in [1.807, 2.05) is 0 Å². The molecule has 104 valence electrons. The van der Waals surface area contributed by atoms with E-state index in [1.165, 1.54) is 0 Å². The number of piperidine rings is 1. The number of carbonyl (C=O) groups excluding carboxylic acids is 4. The monoisotopic (exact) mass is 276 g/mol. The van der Waals surface area contributed by atoms with Crippen LogP contribution in [0.5, 0.6) is 0 Å². The number of nitrogens with one attached hydrogen (secondary N) is 1. The molecule has 2 fully saturated rings. The van der Waals surface area contributed by atoms with Gasteiger partial charge in [-0.2, -0.15) is 0 Å². The van der Waals surface area contributed by atoms with Crippen LogP contribution >= 0.6 is 0 Å². The second kappa shape index (κ2) is 4.29. The second-order valence-electron chi connectivity index (χ2n) is 4.93. The fourth-order valence-electron chi connectivity index (χ4n) is 2.72. The number of nitrogens with zero attached hydrogens (tertiary/aromatic N) is 1. The van der Waals surface area contributed by atoms with Crippen molar-refractivity contribution in [2.24, 2.45) is 0 Å². The van der Waals surface area contributed by atoms with Gasteiger partial charge in [0.15, 0.2) is 0 Å². The fraction of sp³-hybridized carbons (Fsp3) is 0.385. The molecule has 4 amide bonds. The van der Waals surface area contributed by atoms with Gasteiger partial charge in [-0.15, -0.1) is 0 Å². The van der Waals surface area contributed by atoms with Gasteiger partial charge in [0.2, 0.25) is 11.8 Å². The Morgan fingerprint density at radius 1 is 1.15 bits per heavy atom. The maximum absolute atomic E-state index is 12.3. The Kier molecular flexibility index (Phi) is 2.70. The van der Waals surface area contributed by atoms with E-state index >= 15 is 0 Å². The van der Waals surface area contributed by atoms with Crippen LogP contribution in [0.2, 0.25) is 0 Å². The standard InChI is InChI=1S/C13H12N2O5/c16-8-3-1-2-6-10(8)13(20)15(12(6)19)7-4-5-9(17)14-11(7)18/h2,7,16H,1,3-5H2,(H,14,17,18). The maximum atomic E-state index is 12.3. The Morgan fingerprint density at radius 3 is 2.55 bits per heavy atom. The summed E-state index contributed by atoms with van der Waals surface area (Å²) in [6, 6.07) is -0.987. The molecule has 3 rings (SSSR count). The van der Waals surface area contributed by atoms with Crippen molar-refractivity contribution in [2.75, 3.05) is 0 Å². The summed E-state index contributed by atoms with van der Waals surface area (Å²) in [6.07, 6.45) is 2.58. The molecular weight excluding hydrogens is 264 g/mol. The van der Waals surface area contributed by atoms with Crippen molar-refractivity contribution in [1.29, 1.82) is 0 Å². The van der Waals surface area contributed by atoms with Gasteiger partial charge in [0.1, 0.15) is 11.8 Å². The van der Waals surface area contributed by atoms with Crippen molar-refractivity contribution in [3.63, 3.8) is 0 Å². The fourth-order valence-corrected chi connectivity index (χ4v) is 2.72.